The van der Waals surface area contributed by atoms with E-state index in [1.54, 1.807) is 0 Å². The van der Waals surface area contributed by atoms with Crippen molar-refractivity contribution in [1.29, 1.82) is 0 Å². The molecule has 0 aromatic rings. The minimum Gasteiger partial charge on any atom is -0.310 e. The molecule has 0 aromatic heterocycles. The zero-order valence-corrected chi connectivity index (χ0v) is 14.7. The van der Waals surface area contributed by atoms with Gasteiger partial charge >= 0.3 is 0 Å². The maximum absolute atomic E-state index is 3.93. The summed E-state index contributed by atoms with van der Waals surface area (Å²) in [7, 11) is 4.36. The largest absolute Gasteiger partial charge is 0.310 e. The highest BCUT2D eigenvalue weighted by Crippen LogP contribution is 2.20. The van der Waals surface area contributed by atoms with Crippen LogP contribution in [0.1, 0.15) is 47.0 Å². The summed E-state index contributed by atoms with van der Waals surface area (Å²) in [5.41, 5.74) is 0. The van der Waals surface area contributed by atoms with Gasteiger partial charge in [-0.1, -0.05) is 20.8 Å². The molecule has 0 amide bonds. The molecule has 0 saturated carbocycles. The topological polar surface area (TPSA) is 18.5 Å². The number of likely N-dealkylation sites (N-methyl/N-ethyl adjacent to an activating group) is 1. The molecule has 0 aliphatic carbocycles. The van der Waals surface area contributed by atoms with Crippen molar-refractivity contribution in [3.05, 3.63) is 0 Å². The van der Waals surface area contributed by atoms with Crippen LogP contribution in [0.4, 0.5) is 0 Å². The van der Waals surface area contributed by atoms with Crippen molar-refractivity contribution in [2.45, 2.75) is 59.0 Å². The van der Waals surface area contributed by atoms with E-state index in [2.05, 4.69) is 56.9 Å². The zero-order chi connectivity index (χ0) is 15.1. The van der Waals surface area contributed by atoms with Gasteiger partial charge in [0, 0.05) is 25.2 Å². The fourth-order valence-corrected chi connectivity index (χ4v) is 3.50. The van der Waals surface area contributed by atoms with Crippen molar-refractivity contribution in [1.82, 2.24) is 15.1 Å². The summed E-state index contributed by atoms with van der Waals surface area (Å²) < 4.78 is 0. The Balaban J connectivity index is 2.48. The molecule has 3 heteroatoms. The van der Waals surface area contributed by atoms with Crippen LogP contribution in [0.5, 0.6) is 0 Å². The first kappa shape index (κ1) is 17.9. The van der Waals surface area contributed by atoms with Crippen LogP contribution in [0.3, 0.4) is 0 Å². The average molecular weight is 284 g/mol. The minimum absolute atomic E-state index is 0.622. The average Bonchev–Trinajstić information content (AvgIpc) is 2.37. The summed E-state index contributed by atoms with van der Waals surface area (Å²) in [4.78, 5) is 4.92. The third-order valence-corrected chi connectivity index (χ3v) is 4.54. The molecule has 120 valence electrons. The van der Waals surface area contributed by atoms with Crippen LogP contribution in [-0.2, 0) is 0 Å². The maximum Gasteiger partial charge on any atom is 0.0199 e. The highest BCUT2D eigenvalue weighted by atomic mass is 15.1. The number of nitrogens with one attached hydrogen (secondary N) is 1. The third kappa shape index (κ3) is 6.55. The predicted octanol–water partition coefficient (Wildman–Crippen LogP) is 2.67. The fourth-order valence-electron chi connectivity index (χ4n) is 3.50. The van der Waals surface area contributed by atoms with Crippen molar-refractivity contribution in [2.75, 3.05) is 40.3 Å². The van der Waals surface area contributed by atoms with Crippen LogP contribution in [0.2, 0.25) is 0 Å². The molecule has 0 aromatic carbocycles. The van der Waals surface area contributed by atoms with E-state index in [-0.39, 0.29) is 0 Å². The number of hydrogen-bond acceptors (Lipinski definition) is 3. The van der Waals surface area contributed by atoms with Crippen LogP contribution >= 0.6 is 0 Å². The molecule has 0 bridgehead atoms. The molecule has 1 aliphatic heterocycles. The lowest BCUT2D eigenvalue weighted by molar-refractivity contribution is 0.147. The fraction of sp³-hybridized carbons (Fsp3) is 1.00. The van der Waals surface area contributed by atoms with Crippen molar-refractivity contribution in [3.63, 3.8) is 0 Å². The van der Waals surface area contributed by atoms with Gasteiger partial charge in [-0.25, -0.2) is 0 Å². The Morgan fingerprint density at radius 2 is 1.95 bits per heavy atom. The summed E-state index contributed by atoms with van der Waals surface area (Å²) >= 11 is 0. The number of likely N-dealkylation sites (tertiary alicyclic amines) is 1. The van der Waals surface area contributed by atoms with E-state index in [9.17, 15) is 0 Å². The lowest BCUT2D eigenvalue weighted by Crippen LogP contribution is -2.50. The molecule has 1 aliphatic rings. The molecule has 1 N–H and O–H groups in total. The molecular weight excluding hydrogens is 246 g/mol. The van der Waals surface area contributed by atoms with Gasteiger partial charge in [0.1, 0.15) is 0 Å². The molecule has 3 unspecified atom stereocenters. The monoisotopic (exact) mass is 283 g/mol. The number of piperidine rings is 1. The Morgan fingerprint density at radius 3 is 2.50 bits per heavy atom. The summed E-state index contributed by atoms with van der Waals surface area (Å²) in [6.45, 7) is 14.3. The summed E-state index contributed by atoms with van der Waals surface area (Å²) in [5.74, 6) is 1.58. The molecule has 0 radical (unpaired) electrons. The van der Waals surface area contributed by atoms with Crippen LogP contribution in [0.25, 0.3) is 0 Å². The lowest BCUT2D eigenvalue weighted by atomic mass is 9.90. The zero-order valence-electron chi connectivity index (χ0n) is 14.7. The minimum atomic E-state index is 0.622. The van der Waals surface area contributed by atoms with Gasteiger partial charge in [-0.15, -0.1) is 0 Å². The highest BCUT2D eigenvalue weighted by molar-refractivity contribution is 4.83. The molecule has 0 spiro atoms. The van der Waals surface area contributed by atoms with E-state index in [0.717, 1.165) is 18.4 Å². The molecule has 1 rings (SSSR count). The second-order valence-corrected chi connectivity index (χ2v) is 7.34. The summed E-state index contributed by atoms with van der Waals surface area (Å²) in [5, 5.41) is 3.93. The second-order valence-electron chi connectivity index (χ2n) is 7.34. The first-order chi connectivity index (χ1) is 9.42. The van der Waals surface area contributed by atoms with Gasteiger partial charge in [0.2, 0.25) is 0 Å². The number of hydrogen-bond donors (Lipinski definition) is 1. The van der Waals surface area contributed by atoms with Gasteiger partial charge in [0.05, 0.1) is 0 Å². The van der Waals surface area contributed by atoms with Crippen molar-refractivity contribution >= 4 is 0 Å². The van der Waals surface area contributed by atoms with Crippen LogP contribution in [-0.4, -0.2) is 62.2 Å². The molecule has 3 atom stereocenters. The first-order valence-corrected chi connectivity index (χ1v) is 8.55. The van der Waals surface area contributed by atoms with E-state index < -0.39 is 0 Å². The van der Waals surface area contributed by atoms with E-state index in [1.165, 1.54) is 38.9 Å². The van der Waals surface area contributed by atoms with Crippen LogP contribution in [0, 0.1) is 11.8 Å². The van der Waals surface area contributed by atoms with Crippen molar-refractivity contribution < 1.29 is 0 Å². The van der Waals surface area contributed by atoms with Crippen molar-refractivity contribution in [2.24, 2.45) is 11.8 Å². The first-order valence-electron chi connectivity index (χ1n) is 8.55. The standard InChI is InChI=1S/C17H37N3/c1-7-20-10-8-9-16(12-20)15(4)18-17(11-14(2)3)13-19(5)6/h14-18H,7-13H2,1-6H3. The van der Waals surface area contributed by atoms with Crippen LogP contribution < -0.4 is 5.32 Å². The number of nitrogens with zero attached hydrogens (tertiary/aromatic N) is 2. The summed E-state index contributed by atoms with van der Waals surface area (Å²) in [6, 6.07) is 1.25. The van der Waals surface area contributed by atoms with E-state index >= 15 is 0 Å². The van der Waals surface area contributed by atoms with Gasteiger partial charge in [-0.2, -0.15) is 0 Å². The highest BCUT2D eigenvalue weighted by Gasteiger charge is 2.25. The van der Waals surface area contributed by atoms with Gasteiger partial charge in [-0.05, 0) is 65.2 Å². The van der Waals surface area contributed by atoms with Gasteiger partial charge in [0.15, 0.2) is 0 Å². The Bertz CT molecular complexity index is 243. The molecule has 3 nitrogen and oxygen atoms in total. The molecule has 20 heavy (non-hydrogen) atoms. The Hall–Kier alpha value is -0.120. The Morgan fingerprint density at radius 1 is 1.25 bits per heavy atom. The molecular formula is C17H37N3. The van der Waals surface area contributed by atoms with Gasteiger partial charge < -0.3 is 15.1 Å². The summed E-state index contributed by atoms with van der Waals surface area (Å²) in [6.07, 6.45) is 4.03. The van der Waals surface area contributed by atoms with Gasteiger partial charge in [0.25, 0.3) is 0 Å². The van der Waals surface area contributed by atoms with E-state index in [4.69, 9.17) is 0 Å². The second kappa shape index (κ2) is 9.01. The quantitative estimate of drug-likeness (QED) is 0.739. The molecule has 1 heterocycles. The Kier molecular flexibility index (Phi) is 8.08. The van der Waals surface area contributed by atoms with Crippen molar-refractivity contribution in [3.8, 4) is 0 Å². The molecule has 1 saturated heterocycles. The molecule has 1 fully saturated rings. The lowest BCUT2D eigenvalue weighted by Gasteiger charge is -2.37. The Labute approximate surface area is 127 Å². The smallest absolute Gasteiger partial charge is 0.0199 e. The predicted molar refractivity (Wildman–Crippen MR) is 89.2 cm³/mol. The van der Waals surface area contributed by atoms with Crippen LogP contribution in [0.15, 0.2) is 0 Å². The normalized spacial score (nSPS) is 24.3. The maximum atomic E-state index is 3.93. The van der Waals surface area contributed by atoms with Gasteiger partial charge in [-0.3, -0.25) is 0 Å². The third-order valence-electron chi connectivity index (χ3n) is 4.54. The van der Waals surface area contributed by atoms with E-state index in [0.29, 0.717) is 12.1 Å². The number of rotatable bonds is 8. The van der Waals surface area contributed by atoms with E-state index in [1.807, 2.05) is 0 Å². The SMILES string of the molecule is CCN1CCCC(C(C)NC(CC(C)C)CN(C)C)C1.